The molecular formula is C16H17NO2S. The Kier molecular flexibility index (Phi) is 3.26. The molecule has 2 aromatic rings. The molecule has 104 valence electrons. The molecule has 0 fully saturated rings. The van der Waals surface area contributed by atoms with Gasteiger partial charge in [-0.3, -0.25) is 0 Å². The van der Waals surface area contributed by atoms with Gasteiger partial charge in [0.1, 0.15) is 0 Å². The molecule has 2 aromatic carbocycles. The normalized spacial score (nSPS) is 14.4. The highest BCUT2D eigenvalue weighted by molar-refractivity contribution is 7.90. The molecule has 3 nitrogen and oxygen atoms in total. The first-order valence-corrected chi connectivity index (χ1v) is 8.60. The maximum absolute atomic E-state index is 11.5. The van der Waals surface area contributed by atoms with Gasteiger partial charge in [0.25, 0.3) is 0 Å². The van der Waals surface area contributed by atoms with Crippen LogP contribution in [0, 0.1) is 0 Å². The zero-order chi connectivity index (χ0) is 14.2. The number of rotatable bonds is 2. The summed E-state index contributed by atoms with van der Waals surface area (Å²) < 4.78 is 22.9. The van der Waals surface area contributed by atoms with E-state index in [0.717, 1.165) is 30.5 Å². The molecule has 0 spiro atoms. The van der Waals surface area contributed by atoms with Crippen molar-refractivity contribution < 1.29 is 8.42 Å². The van der Waals surface area contributed by atoms with Crippen LogP contribution >= 0.6 is 0 Å². The maximum atomic E-state index is 11.5. The largest absolute Gasteiger partial charge is 0.385 e. The molecule has 1 aliphatic heterocycles. The van der Waals surface area contributed by atoms with Crippen LogP contribution in [0.25, 0.3) is 11.1 Å². The third-order valence-electron chi connectivity index (χ3n) is 3.66. The lowest BCUT2D eigenvalue weighted by Crippen LogP contribution is -2.11. The van der Waals surface area contributed by atoms with Gasteiger partial charge in [-0.2, -0.15) is 0 Å². The van der Waals surface area contributed by atoms with Gasteiger partial charge in [0.15, 0.2) is 9.84 Å². The van der Waals surface area contributed by atoms with Gasteiger partial charge in [0, 0.05) is 18.5 Å². The number of aryl methyl sites for hydroxylation is 1. The van der Waals surface area contributed by atoms with Crippen molar-refractivity contribution in [3.05, 3.63) is 48.0 Å². The number of nitrogens with one attached hydrogen (secondary N) is 1. The number of anilines is 1. The van der Waals surface area contributed by atoms with Crippen molar-refractivity contribution in [2.45, 2.75) is 17.7 Å². The fourth-order valence-corrected chi connectivity index (χ4v) is 3.18. The fourth-order valence-electron chi connectivity index (χ4n) is 2.55. The van der Waals surface area contributed by atoms with E-state index >= 15 is 0 Å². The van der Waals surface area contributed by atoms with Gasteiger partial charge in [0.05, 0.1) is 4.90 Å². The van der Waals surface area contributed by atoms with Crippen molar-refractivity contribution in [3.63, 3.8) is 0 Å². The van der Waals surface area contributed by atoms with Crippen LogP contribution in [0.5, 0.6) is 0 Å². The molecule has 0 aromatic heterocycles. The molecule has 0 amide bonds. The lowest BCUT2D eigenvalue weighted by molar-refractivity contribution is 0.602. The van der Waals surface area contributed by atoms with E-state index in [0.29, 0.717) is 4.90 Å². The molecule has 0 saturated heterocycles. The van der Waals surface area contributed by atoms with E-state index in [1.54, 1.807) is 12.1 Å². The molecular weight excluding hydrogens is 270 g/mol. The lowest BCUT2D eigenvalue weighted by atomic mass is 9.97. The third-order valence-corrected chi connectivity index (χ3v) is 4.79. The van der Waals surface area contributed by atoms with Crippen molar-refractivity contribution >= 4 is 15.5 Å². The number of benzene rings is 2. The minimum Gasteiger partial charge on any atom is -0.385 e. The molecule has 1 aliphatic rings. The Morgan fingerprint density at radius 3 is 2.40 bits per heavy atom. The standard InChI is InChI=1S/C16H17NO2S/c1-20(18,19)15-7-4-12(5-8-15)13-6-9-16-14(11-13)3-2-10-17-16/h4-9,11,17H,2-3,10H2,1H3. The van der Waals surface area contributed by atoms with Crippen LogP contribution in [0.4, 0.5) is 5.69 Å². The van der Waals surface area contributed by atoms with Crippen LogP contribution in [0.1, 0.15) is 12.0 Å². The molecule has 4 heteroatoms. The Balaban J connectivity index is 1.97. The molecule has 0 saturated carbocycles. The monoisotopic (exact) mass is 287 g/mol. The zero-order valence-electron chi connectivity index (χ0n) is 11.4. The first kappa shape index (κ1) is 13.2. The van der Waals surface area contributed by atoms with Crippen molar-refractivity contribution in [3.8, 4) is 11.1 Å². The zero-order valence-corrected chi connectivity index (χ0v) is 12.2. The van der Waals surface area contributed by atoms with E-state index in [-0.39, 0.29) is 0 Å². The van der Waals surface area contributed by atoms with Crippen LogP contribution in [-0.2, 0) is 16.3 Å². The summed E-state index contributed by atoms with van der Waals surface area (Å²) in [5.41, 5.74) is 4.73. The molecule has 1 N–H and O–H groups in total. The predicted molar refractivity (Wildman–Crippen MR) is 81.8 cm³/mol. The van der Waals surface area contributed by atoms with E-state index in [1.807, 2.05) is 12.1 Å². The molecule has 0 bridgehead atoms. The molecule has 0 radical (unpaired) electrons. The number of hydrogen-bond donors (Lipinski definition) is 1. The van der Waals surface area contributed by atoms with Gasteiger partial charge in [0.2, 0.25) is 0 Å². The van der Waals surface area contributed by atoms with Gasteiger partial charge in [-0.05, 0) is 53.8 Å². The third kappa shape index (κ3) is 2.56. The fraction of sp³-hybridized carbons (Fsp3) is 0.250. The smallest absolute Gasteiger partial charge is 0.175 e. The lowest BCUT2D eigenvalue weighted by Gasteiger charge is -2.18. The summed E-state index contributed by atoms with van der Waals surface area (Å²) in [7, 11) is -3.13. The van der Waals surface area contributed by atoms with Crippen LogP contribution in [-0.4, -0.2) is 21.2 Å². The van der Waals surface area contributed by atoms with E-state index < -0.39 is 9.84 Å². The average Bonchev–Trinajstić information content (AvgIpc) is 2.46. The molecule has 1 heterocycles. The quantitative estimate of drug-likeness (QED) is 0.923. The second-order valence-electron chi connectivity index (χ2n) is 5.20. The van der Waals surface area contributed by atoms with E-state index in [9.17, 15) is 8.42 Å². The van der Waals surface area contributed by atoms with Gasteiger partial charge in [-0.15, -0.1) is 0 Å². The van der Waals surface area contributed by atoms with Crippen molar-refractivity contribution in [1.82, 2.24) is 0 Å². The van der Waals surface area contributed by atoms with E-state index in [2.05, 4.69) is 23.5 Å². The predicted octanol–water partition coefficient (Wildman–Crippen LogP) is 3.12. The van der Waals surface area contributed by atoms with Gasteiger partial charge < -0.3 is 5.32 Å². The summed E-state index contributed by atoms with van der Waals surface area (Å²) in [6.45, 7) is 1.04. The molecule has 3 rings (SSSR count). The first-order chi connectivity index (χ1) is 9.54. The summed E-state index contributed by atoms with van der Waals surface area (Å²) in [6, 6.07) is 13.4. The minimum atomic E-state index is -3.13. The maximum Gasteiger partial charge on any atom is 0.175 e. The summed E-state index contributed by atoms with van der Waals surface area (Å²) in [4.78, 5) is 0.362. The average molecular weight is 287 g/mol. The van der Waals surface area contributed by atoms with Gasteiger partial charge >= 0.3 is 0 Å². The molecule has 20 heavy (non-hydrogen) atoms. The number of hydrogen-bond acceptors (Lipinski definition) is 3. The van der Waals surface area contributed by atoms with Crippen LogP contribution in [0.3, 0.4) is 0 Å². The second kappa shape index (κ2) is 4.94. The Hall–Kier alpha value is -1.81. The van der Waals surface area contributed by atoms with Crippen molar-refractivity contribution in [2.24, 2.45) is 0 Å². The molecule has 0 unspecified atom stereocenters. The van der Waals surface area contributed by atoms with Crippen LogP contribution in [0.2, 0.25) is 0 Å². The Morgan fingerprint density at radius 2 is 1.70 bits per heavy atom. The first-order valence-electron chi connectivity index (χ1n) is 6.71. The summed E-state index contributed by atoms with van der Waals surface area (Å²) >= 11 is 0. The van der Waals surface area contributed by atoms with E-state index in [4.69, 9.17) is 0 Å². The topological polar surface area (TPSA) is 46.2 Å². The number of sulfone groups is 1. The highest BCUT2D eigenvalue weighted by Gasteiger charge is 2.10. The summed E-state index contributed by atoms with van der Waals surface area (Å²) in [5.74, 6) is 0. The van der Waals surface area contributed by atoms with Crippen molar-refractivity contribution in [2.75, 3.05) is 18.1 Å². The van der Waals surface area contributed by atoms with Crippen molar-refractivity contribution in [1.29, 1.82) is 0 Å². The van der Waals surface area contributed by atoms with Crippen LogP contribution in [0.15, 0.2) is 47.4 Å². The molecule has 0 atom stereocenters. The molecule has 0 aliphatic carbocycles. The van der Waals surface area contributed by atoms with Crippen LogP contribution < -0.4 is 5.32 Å². The second-order valence-corrected chi connectivity index (χ2v) is 7.21. The van der Waals surface area contributed by atoms with Gasteiger partial charge in [-0.1, -0.05) is 18.2 Å². The Morgan fingerprint density at radius 1 is 1.00 bits per heavy atom. The highest BCUT2D eigenvalue weighted by atomic mass is 32.2. The Bertz CT molecular complexity index is 734. The minimum absolute atomic E-state index is 0.362. The number of fused-ring (bicyclic) bond motifs is 1. The summed E-state index contributed by atoms with van der Waals surface area (Å²) in [6.07, 6.45) is 3.48. The Labute approximate surface area is 119 Å². The van der Waals surface area contributed by atoms with E-state index in [1.165, 1.54) is 17.5 Å². The SMILES string of the molecule is CS(=O)(=O)c1ccc(-c2ccc3c(c2)CCCN3)cc1. The highest BCUT2D eigenvalue weighted by Crippen LogP contribution is 2.28. The van der Waals surface area contributed by atoms with Gasteiger partial charge in [-0.25, -0.2) is 8.42 Å². The summed E-state index contributed by atoms with van der Waals surface area (Å²) in [5, 5.41) is 3.39.